The van der Waals surface area contributed by atoms with Crippen LogP contribution in [0, 0.1) is 26.6 Å². The molecule has 2 aromatic carbocycles. The van der Waals surface area contributed by atoms with Gasteiger partial charge in [-0.15, -0.1) is 0 Å². The summed E-state index contributed by atoms with van der Waals surface area (Å²) in [6, 6.07) is 8.56. The predicted molar refractivity (Wildman–Crippen MR) is 80.0 cm³/mol. The van der Waals surface area contributed by atoms with Gasteiger partial charge >= 0.3 is 0 Å². The van der Waals surface area contributed by atoms with Crippen molar-refractivity contribution in [2.45, 2.75) is 39.4 Å². The first-order chi connectivity index (χ1) is 9.95. The number of rotatable bonds is 1. The molecule has 0 spiro atoms. The topological polar surface area (TPSA) is 29.5 Å². The van der Waals surface area contributed by atoms with Crippen molar-refractivity contribution in [1.29, 1.82) is 0 Å². The van der Waals surface area contributed by atoms with E-state index in [1.165, 1.54) is 17.7 Å². The molecule has 0 radical (unpaired) electrons. The molecule has 0 saturated heterocycles. The lowest BCUT2D eigenvalue weighted by Gasteiger charge is -2.31. The molecule has 2 aromatic rings. The van der Waals surface area contributed by atoms with Gasteiger partial charge in [0.2, 0.25) is 0 Å². The van der Waals surface area contributed by atoms with Crippen LogP contribution in [0.15, 0.2) is 30.3 Å². The molecule has 0 aromatic heterocycles. The molecule has 3 heteroatoms. The van der Waals surface area contributed by atoms with Crippen LogP contribution in [0.3, 0.4) is 0 Å². The van der Waals surface area contributed by atoms with E-state index in [4.69, 9.17) is 4.74 Å². The Balaban J connectivity index is 2.02. The van der Waals surface area contributed by atoms with Crippen LogP contribution in [-0.2, 0) is 0 Å². The van der Waals surface area contributed by atoms with Gasteiger partial charge in [0.05, 0.1) is 6.10 Å². The van der Waals surface area contributed by atoms with Crippen LogP contribution in [0.25, 0.3) is 0 Å². The normalized spacial score (nSPS) is 20.8. The Morgan fingerprint density at radius 1 is 1.10 bits per heavy atom. The quantitative estimate of drug-likeness (QED) is 0.846. The monoisotopic (exact) mass is 286 g/mol. The molecule has 1 aliphatic rings. The summed E-state index contributed by atoms with van der Waals surface area (Å²) in [4.78, 5) is 0. The second-order valence-corrected chi connectivity index (χ2v) is 5.85. The summed E-state index contributed by atoms with van der Waals surface area (Å²) >= 11 is 0. The van der Waals surface area contributed by atoms with E-state index in [0.29, 0.717) is 17.7 Å². The summed E-state index contributed by atoms with van der Waals surface area (Å²) in [5.74, 6) is 0.220. The van der Waals surface area contributed by atoms with Crippen LogP contribution in [0.1, 0.15) is 46.4 Å². The number of aliphatic hydroxyl groups excluding tert-OH is 1. The second-order valence-electron chi connectivity index (χ2n) is 5.85. The van der Waals surface area contributed by atoms with Gasteiger partial charge in [-0.3, -0.25) is 0 Å². The van der Waals surface area contributed by atoms with Crippen LogP contribution in [-0.4, -0.2) is 5.11 Å². The van der Waals surface area contributed by atoms with Gasteiger partial charge in [-0.1, -0.05) is 17.7 Å². The van der Waals surface area contributed by atoms with E-state index in [-0.39, 0.29) is 11.9 Å². The molecular formula is C18H19FO2. The van der Waals surface area contributed by atoms with E-state index in [9.17, 15) is 9.50 Å². The number of benzene rings is 2. The van der Waals surface area contributed by atoms with E-state index in [1.54, 1.807) is 6.07 Å². The smallest absolute Gasteiger partial charge is 0.127 e. The lowest BCUT2D eigenvalue weighted by molar-refractivity contribution is 0.0648. The van der Waals surface area contributed by atoms with E-state index in [2.05, 4.69) is 32.9 Å². The van der Waals surface area contributed by atoms with Gasteiger partial charge in [-0.25, -0.2) is 4.39 Å². The fourth-order valence-electron chi connectivity index (χ4n) is 3.29. The van der Waals surface area contributed by atoms with Crippen molar-refractivity contribution in [3.05, 3.63) is 64.0 Å². The van der Waals surface area contributed by atoms with E-state index in [1.807, 2.05) is 0 Å². The first-order valence-corrected chi connectivity index (χ1v) is 7.17. The summed E-state index contributed by atoms with van der Waals surface area (Å²) < 4.78 is 19.3. The third-order valence-electron chi connectivity index (χ3n) is 4.10. The lowest BCUT2D eigenvalue weighted by atomic mass is 9.89. The molecule has 3 rings (SSSR count). The first-order valence-electron chi connectivity index (χ1n) is 7.17. The number of fused-ring (bicyclic) bond motifs is 1. The third kappa shape index (κ3) is 2.54. The Morgan fingerprint density at radius 2 is 1.76 bits per heavy atom. The van der Waals surface area contributed by atoms with Gasteiger partial charge in [0, 0.05) is 12.0 Å². The van der Waals surface area contributed by atoms with Gasteiger partial charge in [0.25, 0.3) is 0 Å². The zero-order chi connectivity index (χ0) is 15.1. The highest BCUT2D eigenvalue weighted by Crippen LogP contribution is 2.42. The van der Waals surface area contributed by atoms with Gasteiger partial charge in [-0.2, -0.15) is 0 Å². The van der Waals surface area contributed by atoms with Crippen molar-refractivity contribution in [1.82, 2.24) is 0 Å². The van der Waals surface area contributed by atoms with Crippen LogP contribution >= 0.6 is 0 Å². The average Bonchev–Trinajstić information content (AvgIpc) is 2.38. The molecule has 0 fully saturated rings. The summed E-state index contributed by atoms with van der Waals surface area (Å²) in [5.41, 5.74) is 5.20. The van der Waals surface area contributed by atoms with Gasteiger partial charge in [0.1, 0.15) is 17.7 Å². The van der Waals surface area contributed by atoms with E-state index in [0.717, 1.165) is 16.7 Å². The van der Waals surface area contributed by atoms with Gasteiger partial charge in [0.15, 0.2) is 0 Å². The molecule has 0 bridgehead atoms. The summed E-state index contributed by atoms with van der Waals surface area (Å²) in [5, 5.41) is 10.3. The molecule has 1 aliphatic heterocycles. The van der Waals surface area contributed by atoms with Crippen LogP contribution in [0.4, 0.5) is 4.39 Å². The number of hydrogen-bond donors (Lipinski definition) is 1. The number of hydrogen-bond acceptors (Lipinski definition) is 2. The molecule has 0 saturated carbocycles. The number of ether oxygens (including phenoxy) is 1. The Morgan fingerprint density at radius 3 is 2.43 bits per heavy atom. The highest BCUT2D eigenvalue weighted by atomic mass is 19.1. The van der Waals surface area contributed by atoms with Crippen LogP contribution in [0.2, 0.25) is 0 Å². The van der Waals surface area contributed by atoms with E-state index >= 15 is 0 Å². The van der Waals surface area contributed by atoms with Crippen molar-refractivity contribution >= 4 is 0 Å². The predicted octanol–water partition coefficient (Wildman–Crippen LogP) is 4.31. The summed E-state index contributed by atoms with van der Waals surface area (Å²) in [7, 11) is 0. The molecule has 2 atom stereocenters. The van der Waals surface area contributed by atoms with Crippen molar-refractivity contribution in [3.63, 3.8) is 0 Å². The largest absolute Gasteiger partial charge is 0.485 e. The minimum Gasteiger partial charge on any atom is -0.485 e. The Bertz CT molecular complexity index is 671. The summed E-state index contributed by atoms with van der Waals surface area (Å²) in [6.07, 6.45) is -0.450. The molecule has 2 nitrogen and oxygen atoms in total. The standard InChI is InChI=1S/C18H19FO2/c1-10-6-11(2)18(12(3)7-10)17-9-15(20)14-8-13(19)4-5-16(14)21-17/h4-8,15,17,20H,9H2,1-3H3. The van der Waals surface area contributed by atoms with Gasteiger partial charge < -0.3 is 9.84 Å². The molecule has 21 heavy (non-hydrogen) atoms. The SMILES string of the molecule is Cc1cc(C)c(C2CC(O)c3cc(F)ccc3O2)c(C)c1. The molecule has 2 unspecified atom stereocenters. The number of halogens is 1. The van der Waals surface area contributed by atoms with Crippen LogP contribution < -0.4 is 4.74 Å². The zero-order valence-electron chi connectivity index (χ0n) is 12.5. The molecule has 110 valence electrons. The fraction of sp³-hybridized carbons (Fsp3) is 0.333. The molecule has 1 N–H and O–H groups in total. The highest BCUT2D eigenvalue weighted by Gasteiger charge is 2.30. The van der Waals surface area contributed by atoms with Gasteiger partial charge in [-0.05, 0) is 55.7 Å². The molecule has 1 heterocycles. The van der Waals surface area contributed by atoms with Crippen molar-refractivity contribution in [2.24, 2.45) is 0 Å². The maximum Gasteiger partial charge on any atom is 0.127 e. The first kappa shape index (κ1) is 14.1. The maximum atomic E-state index is 13.3. The van der Waals surface area contributed by atoms with E-state index < -0.39 is 6.10 Å². The minimum absolute atomic E-state index is 0.196. The second kappa shape index (κ2) is 5.15. The molecule has 0 aliphatic carbocycles. The third-order valence-corrected chi connectivity index (χ3v) is 4.10. The lowest BCUT2D eigenvalue weighted by Crippen LogP contribution is -2.21. The summed E-state index contributed by atoms with van der Waals surface area (Å²) in [6.45, 7) is 6.19. The number of aliphatic hydroxyl groups is 1. The Labute approximate surface area is 124 Å². The molecule has 0 amide bonds. The van der Waals surface area contributed by atoms with Crippen molar-refractivity contribution < 1.29 is 14.2 Å². The Kier molecular flexibility index (Phi) is 3.46. The number of aryl methyl sites for hydroxylation is 3. The van der Waals surface area contributed by atoms with Crippen molar-refractivity contribution in [3.8, 4) is 5.75 Å². The average molecular weight is 286 g/mol. The molecular weight excluding hydrogens is 267 g/mol. The minimum atomic E-state index is -0.699. The highest BCUT2D eigenvalue weighted by molar-refractivity contribution is 5.43. The van der Waals surface area contributed by atoms with Crippen molar-refractivity contribution in [2.75, 3.05) is 0 Å². The van der Waals surface area contributed by atoms with Crippen LogP contribution in [0.5, 0.6) is 5.75 Å². The Hall–Kier alpha value is -1.87. The maximum absolute atomic E-state index is 13.3. The fourth-order valence-corrected chi connectivity index (χ4v) is 3.29. The zero-order valence-corrected chi connectivity index (χ0v) is 12.5.